The van der Waals surface area contributed by atoms with Crippen molar-refractivity contribution in [3.8, 4) is 11.1 Å². The lowest BCUT2D eigenvalue weighted by Crippen LogP contribution is -2.44. The second kappa shape index (κ2) is 7.91. The van der Waals surface area contributed by atoms with Crippen molar-refractivity contribution in [3.05, 3.63) is 83.0 Å². The lowest BCUT2D eigenvalue weighted by atomic mass is 9.55. The van der Waals surface area contributed by atoms with Crippen LogP contribution in [0.5, 0.6) is 0 Å². The minimum absolute atomic E-state index is 0.0486. The Labute approximate surface area is 183 Å². The molecule has 0 aliphatic heterocycles. The molecule has 0 unspecified atom stereocenters. The van der Waals surface area contributed by atoms with E-state index < -0.39 is 0 Å². The van der Waals surface area contributed by atoms with E-state index in [2.05, 4.69) is 110 Å². The third-order valence-electron chi connectivity index (χ3n) is 6.77. The summed E-state index contributed by atoms with van der Waals surface area (Å²) in [4.78, 5) is 0. The largest absolute Gasteiger partial charge is 0.0984 e. The summed E-state index contributed by atoms with van der Waals surface area (Å²) in [5.74, 6) is 0.443. The zero-order valence-electron chi connectivity index (χ0n) is 19.8. The molecule has 0 N–H and O–H groups in total. The fraction of sp³-hybridized carbons (Fsp3) is 0.333. The Morgan fingerprint density at radius 2 is 1.13 bits per heavy atom. The van der Waals surface area contributed by atoms with E-state index >= 15 is 0 Å². The van der Waals surface area contributed by atoms with E-state index in [1.165, 1.54) is 44.5 Å². The highest BCUT2D eigenvalue weighted by atomic mass is 14.6. The molecule has 0 saturated heterocycles. The molecule has 30 heavy (non-hydrogen) atoms. The van der Waals surface area contributed by atoms with Crippen LogP contribution in [0.15, 0.2) is 49.6 Å². The van der Waals surface area contributed by atoms with Crippen LogP contribution in [-0.4, -0.2) is 0 Å². The van der Waals surface area contributed by atoms with Crippen LogP contribution in [-0.2, 0) is 5.41 Å². The fourth-order valence-electron chi connectivity index (χ4n) is 5.81. The molecule has 1 aliphatic carbocycles. The van der Waals surface area contributed by atoms with Gasteiger partial charge in [-0.1, -0.05) is 84.2 Å². The van der Waals surface area contributed by atoms with Crippen LogP contribution in [0.1, 0.15) is 81.8 Å². The lowest BCUT2D eigenvalue weighted by Gasteiger charge is -2.47. The lowest BCUT2D eigenvalue weighted by molar-refractivity contribution is 0.171. The molecular weight excluding hydrogens is 360 g/mol. The van der Waals surface area contributed by atoms with Gasteiger partial charge < -0.3 is 0 Å². The first kappa shape index (κ1) is 22.1. The Hall–Kier alpha value is -2.60. The van der Waals surface area contributed by atoms with Crippen LogP contribution < -0.4 is 0 Å². The predicted octanol–water partition coefficient (Wildman–Crippen LogP) is 9.01. The zero-order valence-corrected chi connectivity index (χ0v) is 19.8. The average Bonchev–Trinajstić information content (AvgIpc) is 2.96. The fourth-order valence-corrected chi connectivity index (χ4v) is 5.81. The third-order valence-corrected chi connectivity index (χ3v) is 6.77. The SMILES string of the molecule is C=Cc1cc2c(cc1/C=C\C)C(C(C)C)(C(C)(C)C)c1cc(/C=C\C)c(C=C)cc1-2. The molecule has 0 heteroatoms. The minimum Gasteiger partial charge on any atom is -0.0984 e. The maximum Gasteiger partial charge on any atom is 0.0286 e. The predicted molar refractivity (Wildman–Crippen MR) is 137 cm³/mol. The summed E-state index contributed by atoms with van der Waals surface area (Å²) in [5, 5.41) is 0. The standard InChI is InChI=1S/C30H36/c1-10-14-23-18-27-25(16-21(23)12-3)26-17-22(13-4)24(15-11-2)19-28(26)30(27,20(5)6)29(7,8)9/h10-20H,3-4H2,1-2,5-9H3/b14-10-,15-11-. The van der Waals surface area contributed by atoms with Crippen molar-refractivity contribution in [1.82, 2.24) is 0 Å². The molecular formula is C30H36. The number of rotatable bonds is 5. The Kier molecular flexibility index (Phi) is 5.83. The monoisotopic (exact) mass is 396 g/mol. The van der Waals surface area contributed by atoms with Gasteiger partial charge in [-0.05, 0) is 94.0 Å². The van der Waals surface area contributed by atoms with E-state index in [9.17, 15) is 0 Å². The molecule has 0 radical (unpaired) electrons. The summed E-state index contributed by atoms with van der Waals surface area (Å²) in [6.07, 6.45) is 12.6. The minimum atomic E-state index is -0.0796. The van der Waals surface area contributed by atoms with Crippen LogP contribution in [0.2, 0.25) is 0 Å². The van der Waals surface area contributed by atoms with Gasteiger partial charge in [0.25, 0.3) is 0 Å². The van der Waals surface area contributed by atoms with Crippen molar-refractivity contribution in [2.75, 3.05) is 0 Å². The van der Waals surface area contributed by atoms with Crippen molar-refractivity contribution >= 4 is 24.3 Å². The second-order valence-corrected chi connectivity index (χ2v) is 9.67. The average molecular weight is 397 g/mol. The Morgan fingerprint density at radius 1 is 0.733 bits per heavy atom. The summed E-state index contributed by atoms with van der Waals surface area (Å²) in [5.41, 5.74) is 10.4. The molecule has 3 rings (SSSR count). The molecule has 0 heterocycles. The smallest absolute Gasteiger partial charge is 0.0286 e. The van der Waals surface area contributed by atoms with E-state index in [1.807, 2.05) is 12.2 Å². The molecule has 156 valence electrons. The van der Waals surface area contributed by atoms with E-state index in [4.69, 9.17) is 0 Å². The molecule has 0 spiro atoms. The normalized spacial score (nSPS) is 15.1. The van der Waals surface area contributed by atoms with Crippen molar-refractivity contribution in [1.29, 1.82) is 0 Å². The quantitative estimate of drug-likeness (QED) is 0.473. The third kappa shape index (κ3) is 3.05. The Balaban J connectivity index is 2.56. The Morgan fingerprint density at radius 3 is 1.40 bits per heavy atom. The topological polar surface area (TPSA) is 0 Å². The van der Waals surface area contributed by atoms with Gasteiger partial charge in [0, 0.05) is 5.41 Å². The first-order chi connectivity index (χ1) is 14.2. The molecule has 0 nitrogen and oxygen atoms in total. The van der Waals surface area contributed by atoms with E-state index in [0.717, 1.165) is 0 Å². The molecule has 2 aromatic rings. The van der Waals surface area contributed by atoms with Gasteiger partial charge in [-0.25, -0.2) is 0 Å². The highest BCUT2D eigenvalue weighted by Gasteiger charge is 2.53. The molecule has 0 fully saturated rings. The molecule has 0 aromatic heterocycles. The van der Waals surface area contributed by atoms with Crippen molar-refractivity contribution in [3.63, 3.8) is 0 Å². The maximum atomic E-state index is 4.09. The summed E-state index contributed by atoms with van der Waals surface area (Å²) >= 11 is 0. The van der Waals surface area contributed by atoms with Crippen LogP contribution in [0, 0.1) is 11.3 Å². The number of benzene rings is 2. The first-order valence-corrected chi connectivity index (χ1v) is 11.0. The highest BCUT2D eigenvalue weighted by molar-refractivity contribution is 5.88. The second-order valence-electron chi connectivity index (χ2n) is 9.67. The summed E-state index contributed by atoms with van der Waals surface area (Å²) in [7, 11) is 0. The van der Waals surface area contributed by atoms with Gasteiger partial charge in [-0.3, -0.25) is 0 Å². The molecule has 0 amide bonds. The van der Waals surface area contributed by atoms with E-state index in [1.54, 1.807) is 0 Å². The van der Waals surface area contributed by atoms with Gasteiger partial charge in [0.15, 0.2) is 0 Å². The number of fused-ring (bicyclic) bond motifs is 3. The molecule has 1 aliphatic rings. The van der Waals surface area contributed by atoms with Gasteiger partial charge in [0.2, 0.25) is 0 Å². The number of hydrogen-bond acceptors (Lipinski definition) is 0. The van der Waals surface area contributed by atoms with Gasteiger partial charge in [0.05, 0.1) is 0 Å². The number of hydrogen-bond donors (Lipinski definition) is 0. The zero-order chi connectivity index (χ0) is 22.3. The van der Waals surface area contributed by atoms with Crippen LogP contribution >= 0.6 is 0 Å². The summed E-state index contributed by atoms with van der Waals surface area (Å²) < 4.78 is 0. The van der Waals surface area contributed by atoms with Crippen molar-refractivity contribution in [2.24, 2.45) is 11.3 Å². The van der Waals surface area contributed by atoms with Gasteiger partial charge in [0.1, 0.15) is 0 Å². The van der Waals surface area contributed by atoms with Crippen LogP contribution in [0.4, 0.5) is 0 Å². The molecule has 0 atom stereocenters. The van der Waals surface area contributed by atoms with Gasteiger partial charge in [-0.15, -0.1) is 0 Å². The maximum absolute atomic E-state index is 4.09. The molecule has 2 aromatic carbocycles. The molecule has 0 saturated carbocycles. The van der Waals surface area contributed by atoms with Gasteiger partial charge >= 0.3 is 0 Å². The van der Waals surface area contributed by atoms with E-state index in [-0.39, 0.29) is 10.8 Å². The summed E-state index contributed by atoms with van der Waals surface area (Å²) in [6, 6.07) is 9.52. The Bertz CT molecular complexity index is 975. The van der Waals surface area contributed by atoms with Crippen LogP contribution in [0.25, 0.3) is 35.4 Å². The molecule has 0 bridgehead atoms. The summed E-state index contributed by atoms with van der Waals surface area (Å²) in [6.45, 7) is 24.2. The van der Waals surface area contributed by atoms with Crippen molar-refractivity contribution in [2.45, 2.75) is 53.9 Å². The van der Waals surface area contributed by atoms with Gasteiger partial charge in [-0.2, -0.15) is 0 Å². The highest BCUT2D eigenvalue weighted by Crippen LogP contribution is 2.61. The van der Waals surface area contributed by atoms with Crippen LogP contribution in [0.3, 0.4) is 0 Å². The van der Waals surface area contributed by atoms with E-state index in [0.29, 0.717) is 5.92 Å². The first-order valence-electron chi connectivity index (χ1n) is 11.0. The number of allylic oxidation sites excluding steroid dienone is 2. The van der Waals surface area contributed by atoms with Crippen molar-refractivity contribution < 1.29 is 0 Å².